The molecule has 1 nitrogen and oxygen atoms in total. The van der Waals surface area contributed by atoms with E-state index in [9.17, 15) is 0 Å². The van der Waals surface area contributed by atoms with Crippen molar-refractivity contribution in [2.75, 3.05) is 5.75 Å². The van der Waals surface area contributed by atoms with E-state index in [2.05, 4.69) is 11.9 Å². The molecule has 0 aliphatic heterocycles. The maximum absolute atomic E-state index is 5.66. The van der Waals surface area contributed by atoms with E-state index in [4.69, 9.17) is 11.6 Å². The molecule has 1 aromatic rings. The molecule has 0 bridgehead atoms. The number of hydrogen-bond donors (Lipinski definition) is 0. The van der Waals surface area contributed by atoms with Crippen molar-refractivity contribution in [1.29, 1.82) is 0 Å². The number of hydrogen-bond acceptors (Lipinski definition) is 2. The van der Waals surface area contributed by atoms with Crippen LogP contribution in [0.25, 0.3) is 0 Å². The normalized spacial score (nSPS) is 9.80. The highest BCUT2D eigenvalue weighted by Crippen LogP contribution is 2.18. The highest BCUT2D eigenvalue weighted by molar-refractivity contribution is 7.99. The van der Waals surface area contributed by atoms with Crippen molar-refractivity contribution in [2.45, 2.75) is 11.8 Å². The standard InChI is InChI=1S/C7H8ClNS/c1-2-10-6-3-4-9-7(8)5-6/h3-5H,2H2,1H3. The summed E-state index contributed by atoms with van der Waals surface area (Å²) in [5.74, 6) is 1.07. The molecule has 0 radical (unpaired) electrons. The lowest BCUT2D eigenvalue weighted by atomic mass is 10.5. The highest BCUT2D eigenvalue weighted by atomic mass is 35.5. The van der Waals surface area contributed by atoms with Gasteiger partial charge in [-0.1, -0.05) is 18.5 Å². The van der Waals surface area contributed by atoms with Crippen LogP contribution in [0.4, 0.5) is 0 Å². The van der Waals surface area contributed by atoms with Crippen molar-refractivity contribution in [3.8, 4) is 0 Å². The molecule has 0 fully saturated rings. The van der Waals surface area contributed by atoms with Crippen LogP contribution in [0.5, 0.6) is 0 Å². The quantitative estimate of drug-likeness (QED) is 0.504. The predicted octanol–water partition coefficient (Wildman–Crippen LogP) is 2.85. The average molecular weight is 174 g/mol. The summed E-state index contributed by atoms with van der Waals surface area (Å²) >= 11 is 7.42. The summed E-state index contributed by atoms with van der Waals surface area (Å²) < 4.78 is 0. The third-order valence-electron chi connectivity index (χ3n) is 1.01. The third kappa shape index (κ3) is 2.20. The van der Waals surface area contributed by atoms with Crippen molar-refractivity contribution in [1.82, 2.24) is 4.98 Å². The van der Waals surface area contributed by atoms with Crippen LogP contribution in [0.1, 0.15) is 6.92 Å². The molecule has 0 aromatic carbocycles. The van der Waals surface area contributed by atoms with Gasteiger partial charge < -0.3 is 0 Å². The van der Waals surface area contributed by atoms with Crippen LogP contribution in [-0.2, 0) is 0 Å². The number of pyridine rings is 1. The van der Waals surface area contributed by atoms with E-state index in [-0.39, 0.29) is 0 Å². The van der Waals surface area contributed by atoms with Crippen LogP contribution in [0, 0.1) is 0 Å². The van der Waals surface area contributed by atoms with E-state index >= 15 is 0 Å². The minimum atomic E-state index is 0.568. The van der Waals surface area contributed by atoms with Gasteiger partial charge in [-0.2, -0.15) is 0 Å². The summed E-state index contributed by atoms with van der Waals surface area (Å²) in [4.78, 5) is 5.06. The van der Waals surface area contributed by atoms with E-state index in [1.165, 1.54) is 4.90 Å². The molecule has 0 unspecified atom stereocenters. The van der Waals surface area contributed by atoms with Gasteiger partial charge in [0.1, 0.15) is 5.15 Å². The number of nitrogens with zero attached hydrogens (tertiary/aromatic N) is 1. The topological polar surface area (TPSA) is 12.9 Å². The van der Waals surface area contributed by atoms with E-state index in [1.807, 2.05) is 12.1 Å². The Morgan fingerprint density at radius 1 is 1.70 bits per heavy atom. The number of halogens is 1. The number of thioether (sulfide) groups is 1. The van der Waals surface area contributed by atoms with Gasteiger partial charge >= 0.3 is 0 Å². The van der Waals surface area contributed by atoms with Crippen molar-refractivity contribution in [3.05, 3.63) is 23.5 Å². The second kappa shape index (κ2) is 3.84. The van der Waals surface area contributed by atoms with Crippen LogP contribution in [0.2, 0.25) is 5.15 Å². The first-order valence-electron chi connectivity index (χ1n) is 3.07. The summed E-state index contributed by atoms with van der Waals surface area (Å²) in [5, 5.41) is 0.568. The molecule has 0 atom stereocenters. The van der Waals surface area contributed by atoms with Crippen molar-refractivity contribution >= 4 is 23.4 Å². The first-order chi connectivity index (χ1) is 4.83. The van der Waals surface area contributed by atoms with Gasteiger partial charge in [0.2, 0.25) is 0 Å². The van der Waals surface area contributed by atoms with Gasteiger partial charge in [-0.05, 0) is 17.9 Å². The molecule has 54 valence electrons. The van der Waals surface area contributed by atoms with Gasteiger partial charge in [0.25, 0.3) is 0 Å². The predicted molar refractivity (Wildman–Crippen MR) is 45.6 cm³/mol. The molecule has 1 rings (SSSR count). The smallest absolute Gasteiger partial charge is 0.130 e. The van der Waals surface area contributed by atoms with Crippen LogP contribution in [0.15, 0.2) is 23.2 Å². The summed E-state index contributed by atoms with van der Waals surface area (Å²) in [6.07, 6.45) is 1.72. The van der Waals surface area contributed by atoms with Crippen molar-refractivity contribution in [2.24, 2.45) is 0 Å². The molecular formula is C7H8ClNS. The Morgan fingerprint density at radius 2 is 2.50 bits per heavy atom. The lowest BCUT2D eigenvalue weighted by Crippen LogP contribution is -1.75. The fourth-order valence-electron chi connectivity index (χ4n) is 0.641. The Hall–Kier alpha value is -0.210. The molecule has 0 saturated heterocycles. The Kier molecular flexibility index (Phi) is 3.03. The van der Waals surface area contributed by atoms with Crippen LogP contribution >= 0.6 is 23.4 Å². The summed E-state index contributed by atoms with van der Waals surface area (Å²) in [7, 11) is 0. The minimum Gasteiger partial charge on any atom is -0.244 e. The minimum absolute atomic E-state index is 0.568. The first-order valence-corrected chi connectivity index (χ1v) is 4.43. The summed E-state index contributed by atoms with van der Waals surface area (Å²) in [5.41, 5.74) is 0. The lowest BCUT2D eigenvalue weighted by Gasteiger charge is -1.95. The fraction of sp³-hybridized carbons (Fsp3) is 0.286. The fourth-order valence-corrected chi connectivity index (χ4v) is 1.57. The van der Waals surface area contributed by atoms with Gasteiger partial charge in [-0.3, -0.25) is 0 Å². The Balaban J connectivity index is 2.75. The largest absolute Gasteiger partial charge is 0.244 e. The summed E-state index contributed by atoms with van der Waals surface area (Å²) in [6, 6.07) is 3.83. The second-order valence-corrected chi connectivity index (χ2v) is 3.47. The van der Waals surface area contributed by atoms with Gasteiger partial charge in [0, 0.05) is 11.1 Å². The molecule has 3 heteroatoms. The van der Waals surface area contributed by atoms with E-state index in [0.29, 0.717) is 5.15 Å². The van der Waals surface area contributed by atoms with Gasteiger partial charge in [0.05, 0.1) is 0 Å². The van der Waals surface area contributed by atoms with Crippen molar-refractivity contribution in [3.63, 3.8) is 0 Å². The van der Waals surface area contributed by atoms with Gasteiger partial charge in [-0.15, -0.1) is 11.8 Å². The molecule has 1 heterocycles. The molecule has 0 aliphatic rings. The molecule has 10 heavy (non-hydrogen) atoms. The van der Waals surface area contributed by atoms with Crippen LogP contribution < -0.4 is 0 Å². The molecular weight excluding hydrogens is 166 g/mol. The second-order valence-electron chi connectivity index (χ2n) is 1.75. The lowest BCUT2D eigenvalue weighted by molar-refractivity contribution is 1.26. The number of rotatable bonds is 2. The maximum Gasteiger partial charge on any atom is 0.130 e. The average Bonchev–Trinajstić information content (AvgIpc) is 1.88. The Morgan fingerprint density at radius 3 is 3.10 bits per heavy atom. The van der Waals surface area contributed by atoms with Crippen LogP contribution in [0.3, 0.4) is 0 Å². The molecule has 0 spiro atoms. The molecule has 0 aliphatic carbocycles. The monoisotopic (exact) mass is 173 g/mol. The SMILES string of the molecule is CCSc1ccnc(Cl)c1. The Labute approximate surface area is 69.8 Å². The third-order valence-corrected chi connectivity index (χ3v) is 2.09. The zero-order chi connectivity index (χ0) is 7.40. The van der Waals surface area contributed by atoms with Gasteiger partial charge in [-0.25, -0.2) is 4.98 Å². The number of aromatic nitrogens is 1. The summed E-state index contributed by atoms with van der Waals surface area (Å²) in [6.45, 7) is 2.11. The van der Waals surface area contributed by atoms with E-state index in [0.717, 1.165) is 5.75 Å². The molecule has 0 amide bonds. The molecule has 0 N–H and O–H groups in total. The molecule has 0 saturated carbocycles. The zero-order valence-corrected chi connectivity index (χ0v) is 7.25. The van der Waals surface area contributed by atoms with Gasteiger partial charge in [0.15, 0.2) is 0 Å². The highest BCUT2D eigenvalue weighted by Gasteiger charge is 1.91. The molecule has 1 aromatic heterocycles. The van der Waals surface area contributed by atoms with Crippen molar-refractivity contribution < 1.29 is 0 Å². The zero-order valence-electron chi connectivity index (χ0n) is 5.67. The maximum atomic E-state index is 5.66. The van der Waals surface area contributed by atoms with E-state index < -0.39 is 0 Å². The first kappa shape index (κ1) is 7.89. The van der Waals surface area contributed by atoms with E-state index in [1.54, 1.807) is 18.0 Å². The Bertz CT molecular complexity index is 215. The van der Waals surface area contributed by atoms with Crippen LogP contribution in [-0.4, -0.2) is 10.7 Å².